The van der Waals surface area contributed by atoms with E-state index < -0.39 is 29.8 Å². The summed E-state index contributed by atoms with van der Waals surface area (Å²) in [7, 11) is 2.83. The monoisotopic (exact) mass is 495 g/mol. The van der Waals surface area contributed by atoms with Gasteiger partial charge >= 0.3 is 12.1 Å². The summed E-state index contributed by atoms with van der Waals surface area (Å²) >= 11 is 3.46. The summed E-state index contributed by atoms with van der Waals surface area (Å²) < 4.78 is 22.5. The van der Waals surface area contributed by atoms with E-state index in [2.05, 4.69) is 15.9 Å². The van der Waals surface area contributed by atoms with Gasteiger partial charge in [0.25, 0.3) is 0 Å². The molecule has 2 aliphatic rings. The Kier molecular flexibility index (Phi) is 6.64. The van der Waals surface area contributed by atoms with Crippen LogP contribution < -0.4 is 4.74 Å². The van der Waals surface area contributed by atoms with Gasteiger partial charge in [-0.3, -0.25) is 9.69 Å². The van der Waals surface area contributed by atoms with Crippen LogP contribution in [0.5, 0.6) is 5.75 Å². The van der Waals surface area contributed by atoms with Gasteiger partial charge in [-0.1, -0.05) is 0 Å². The first-order valence-electron chi connectivity index (χ1n) is 9.87. The van der Waals surface area contributed by atoms with Crippen molar-refractivity contribution in [3.63, 3.8) is 0 Å². The van der Waals surface area contributed by atoms with Crippen LogP contribution in [0, 0.1) is 0 Å². The number of benzene rings is 1. The van der Waals surface area contributed by atoms with Gasteiger partial charge in [0, 0.05) is 24.5 Å². The van der Waals surface area contributed by atoms with Crippen molar-refractivity contribution in [3.8, 4) is 5.75 Å². The van der Waals surface area contributed by atoms with Gasteiger partial charge in [0.1, 0.15) is 29.3 Å². The minimum absolute atomic E-state index is 0.0987. The molecule has 0 N–H and O–H groups in total. The largest absolute Gasteiger partial charge is 0.496 e. The van der Waals surface area contributed by atoms with Gasteiger partial charge in [-0.15, -0.1) is 0 Å². The van der Waals surface area contributed by atoms with Crippen LogP contribution in [0.2, 0.25) is 0 Å². The third-order valence-electron chi connectivity index (χ3n) is 4.96. The number of amides is 1. The minimum atomic E-state index is -0.827. The maximum atomic E-state index is 12.6. The SMILES string of the molecule is COC(=O)[C@H]1C[C@@H](OC2=CC(=O)Cc3cc(OC)c(Br)cc32)CN1C(=O)OC(C)(C)C. The number of esters is 1. The van der Waals surface area contributed by atoms with E-state index in [1.807, 2.05) is 6.07 Å². The molecule has 168 valence electrons. The molecule has 1 aliphatic carbocycles. The molecule has 1 heterocycles. The topological polar surface area (TPSA) is 91.4 Å². The normalized spacial score (nSPS) is 20.6. The molecule has 1 aliphatic heterocycles. The van der Waals surface area contributed by atoms with Crippen molar-refractivity contribution >= 4 is 39.5 Å². The van der Waals surface area contributed by atoms with E-state index in [0.29, 0.717) is 11.5 Å². The van der Waals surface area contributed by atoms with Crippen LogP contribution >= 0.6 is 15.9 Å². The maximum Gasteiger partial charge on any atom is 0.411 e. The lowest BCUT2D eigenvalue weighted by molar-refractivity contribution is -0.145. The van der Waals surface area contributed by atoms with Crippen LogP contribution in [0.15, 0.2) is 22.7 Å². The van der Waals surface area contributed by atoms with E-state index in [-0.39, 0.29) is 25.2 Å². The Labute approximate surface area is 189 Å². The quantitative estimate of drug-likeness (QED) is 0.590. The van der Waals surface area contributed by atoms with E-state index in [1.54, 1.807) is 33.9 Å². The summed E-state index contributed by atoms with van der Waals surface area (Å²) in [5, 5.41) is 0. The maximum absolute atomic E-state index is 12.6. The number of likely N-dealkylation sites (tertiary alicyclic amines) is 1. The number of ketones is 1. The van der Waals surface area contributed by atoms with E-state index in [0.717, 1.165) is 15.6 Å². The zero-order chi connectivity index (χ0) is 22.9. The van der Waals surface area contributed by atoms with Crippen molar-refractivity contribution in [1.29, 1.82) is 0 Å². The van der Waals surface area contributed by atoms with Gasteiger partial charge < -0.3 is 18.9 Å². The van der Waals surface area contributed by atoms with Crippen LogP contribution in [-0.2, 0) is 30.2 Å². The predicted molar refractivity (Wildman–Crippen MR) is 116 cm³/mol. The van der Waals surface area contributed by atoms with Crippen LogP contribution in [0.25, 0.3) is 5.76 Å². The fourth-order valence-electron chi connectivity index (χ4n) is 3.63. The van der Waals surface area contributed by atoms with Crippen LogP contribution in [0.1, 0.15) is 38.3 Å². The highest BCUT2D eigenvalue weighted by molar-refractivity contribution is 9.10. The van der Waals surface area contributed by atoms with Gasteiger partial charge in [0.05, 0.1) is 25.2 Å². The molecule has 0 bridgehead atoms. The summed E-state index contributed by atoms with van der Waals surface area (Å²) in [6.07, 6.45) is 0.790. The number of carbonyl (C=O) groups excluding carboxylic acids is 3. The average Bonchev–Trinajstić information content (AvgIpc) is 3.10. The molecule has 0 unspecified atom stereocenters. The van der Waals surface area contributed by atoms with Crippen LogP contribution in [-0.4, -0.2) is 61.3 Å². The molecule has 0 aromatic heterocycles. The van der Waals surface area contributed by atoms with Gasteiger partial charge in [-0.05, 0) is 54.4 Å². The Hall–Kier alpha value is -2.55. The first-order chi connectivity index (χ1) is 14.5. The molecule has 1 fully saturated rings. The average molecular weight is 496 g/mol. The second-order valence-corrected chi connectivity index (χ2v) is 9.30. The number of rotatable bonds is 4. The molecule has 1 amide bonds. The fourth-order valence-corrected chi connectivity index (χ4v) is 4.14. The van der Waals surface area contributed by atoms with Crippen molar-refractivity contribution in [2.45, 2.75) is 51.4 Å². The number of fused-ring (bicyclic) bond motifs is 1. The zero-order valence-corrected chi connectivity index (χ0v) is 19.8. The lowest BCUT2D eigenvalue weighted by Crippen LogP contribution is -2.44. The molecular weight excluding hydrogens is 470 g/mol. The van der Waals surface area contributed by atoms with Crippen LogP contribution in [0.4, 0.5) is 4.79 Å². The smallest absolute Gasteiger partial charge is 0.411 e. The number of carbonyl (C=O) groups is 3. The van der Waals surface area contributed by atoms with E-state index in [4.69, 9.17) is 18.9 Å². The highest BCUT2D eigenvalue weighted by Gasteiger charge is 2.43. The van der Waals surface area contributed by atoms with E-state index in [1.165, 1.54) is 18.1 Å². The molecule has 31 heavy (non-hydrogen) atoms. The van der Waals surface area contributed by atoms with Crippen molar-refractivity contribution in [2.75, 3.05) is 20.8 Å². The van der Waals surface area contributed by atoms with Crippen molar-refractivity contribution in [2.24, 2.45) is 0 Å². The Morgan fingerprint density at radius 3 is 2.52 bits per heavy atom. The standard InChI is InChI=1S/C22H26BrNO7/c1-22(2,3)31-21(27)24-11-14(9-17(24)20(26)29-5)30-18-8-13(25)6-12-7-19(28-4)16(23)10-15(12)18/h7-8,10,14,17H,6,9,11H2,1-5H3/t14-,17-/m1/s1. The summed E-state index contributed by atoms with van der Waals surface area (Å²) in [6.45, 7) is 5.39. The van der Waals surface area contributed by atoms with Crippen molar-refractivity contribution in [1.82, 2.24) is 4.90 Å². The Morgan fingerprint density at radius 1 is 1.19 bits per heavy atom. The molecular formula is C22H26BrNO7. The number of halogens is 1. The number of nitrogens with zero attached hydrogens (tertiary/aromatic N) is 1. The Morgan fingerprint density at radius 2 is 1.90 bits per heavy atom. The molecule has 2 atom stereocenters. The molecule has 3 rings (SSSR count). The molecule has 0 saturated carbocycles. The van der Waals surface area contributed by atoms with Gasteiger partial charge in [0.15, 0.2) is 5.78 Å². The highest BCUT2D eigenvalue weighted by Crippen LogP contribution is 2.37. The van der Waals surface area contributed by atoms with Crippen LogP contribution in [0.3, 0.4) is 0 Å². The second-order valence-electron chi connectivity index (χ2n) is 8.44. The first kappa shape index (κ1) is 23.1. The lowest BCUT2D eigenvalue weighted by Gasteiger charge is -2.27. The second kappa shape index (κ2) is 8.90. The number of ether oxygens (including phenoxy) is 4. The minimum Gasteiger partial charge on any atom is -0.496 e. The molecule has 1 aromatic carbocycles. The van der Waals surface area contributed by atoms with Crippen molar-refractivity contribution in [3.05, 3.63) is 33.8 Å². The number of allylic oxidation sites excluding steroid dienone is 1. The lowest BCUT2D eigenvalue weighted by atomic mass is 9.94. The summed E-state index contributed by atoms with van der Waals surface area (Å²) in [6, 6.07) is 2.81. The third-order valence-corrected chi connectivity index (χ3v) is 5.58. The summed E-state index contributed by atoms with van der Waals surface area (Å²) in [5.74, 6) is 0.377. The fraction of sp³-hybridized carbons (Fsp3) is 0.500. The van der Waals surface area contributed by atoms with Gasteiger partial charge in [-0.25, -0.2) is 9.59 Å². The number of methoxy groups -OCH3 is 2. The highest BCUT2D eigenvalue weighted by atomic mass is 79.9. The van der Waals surface area contributed by atoms with Gasteiger partial charge in [-0.2, -0.15) is 0 Å². The Bertz CT molecular complexity index is 935. The van der Waals surface area contributed by atoms with E-state index >= 15 is 0 Å². The Balaban J connectivity index is 1.84. The number of hydrogen-bond donors (Lipinski definition) is 0. The number of hydrogen-bond acceptors (Lipinski definition) is 7. The molecule has 1 aromatic rings. The third kappa shape index (κ3) is 5.20. The van der Waals surface area contributed by atoms with Gasteiger partial charge in [0.2, 0.25) is 0 Å². The molecule has 8 nitrogen and oxygen atoms in total. The van der Waals surface area contributed by atoms with Crippen molar-refractivity contribution < 1.29 is 33.3 Å². The summed E-state index contributed by atoms with van der Waals surface area (Å²) in [4.78, 5) is 38.5. The zero-order valence-electron chi connectivity index (χ0n) is 18.2. The van der Waals surface area contributed by atoms with E-state index in [9.17, 15) is 14.4 Å². The summed E-state index contributed by atoms with van der Waals surface area (Å²) in [5.41, 5.74) is 0.839. The molecule has 0 radical (unpaired) electrons. The predicted octanol–water partition coefficient (Wildman–Crippen LogP) is 3.49. The first-order valence-corrected chi connectivity index (χ1v) is 10.7. The molecule has 1 saturated heterocycles. The molecule has 0 spiro atoms. The molecule has 9 heteroatoms.